The molecule has 0 fully saturated rings. The van der Waals surface area contributed by atoms with Crippen LogP contribution in [0.1, 0.15) is 16.1 Å². The summed E-state index contributed by atoms with van der Waals surface area (Å²) in [5.74, 6) is -1.30. The SMILES string of the molecule is COC(=O)c1cc(NCc2ccn[nH]2)ccc1F. The Morgan fingerprint density at radius 3 is 3.00 bits per heavy atom. The van der Waals surface area contributed by atoms with Crippen LogP contribution in [0.3, 0.4) is 0 Å². The number of anilines is 1. The molecule has 0 saturated heterocycles. The molecule has 0 radical (unpaired) electrons. The number of carbonyl (C=O) groups is 1. The minimum atomic E-state index is -0.697. The number of H-pyrrole nitrogens is 1. The van der Waals surface area contributed by atoms with Crippen LogP contribution in [0.25, 0.3) is 0 Å². The summed E-state index contributed by atoms with van der Waals surface area (Å²) in [4.78, 5) is 11.3. The number of aromatic nitrogens is 2. The third kappa shape index (κ3) is 2.65. The van der Waals surface area contributed by atoms with Gasteiger partial charge in [0.05, 0.1) is 24.9 Å². The van der Waals surface area contributed by atoms with Gasteiger partial charge in [-0.25, -0.2) is 9.18 Å². The van der Waals surface area contributed by atoms with Gasteiger partial charge >= 0.3 is 5.97 Å². The summed E-state index contributed by atoms with van der Waals surface area (Å²) >= 11 is 0. The molecule has 0 aliphatic rings. The Kier molecular flexibility index (Phi) is 3.57. The van der Waals surface area contributed by atoms with Crippen molar-refractivity contribution in [2.24, 2.45) is 0 Å². The van der Waals surface area contributed by atoms with Crippen molar-refractivity contribution in [3.63, 3.8) is 0 Å². The highest BCUT2D eigenvalue weighted by Crippen LogP contribution is 2.16. The maximum absolute atomic E-state index is 13.4. The second-order valence-corrected chi connectivity index (χ2v) is 3.62. The summed E-state index contributed by atoms with van der Waals surface area (Å²) in [5.41, 5.74) is 1.43. The fraction of sp³-hybridized carbons (Fsp3) is 0.167. The minimum absolute atomic E-state index is 0.0906. The summed E-state index contributed by atoms with van der Waals surface area (Å²) in [5, 5.41) is 9.65. The lowest BCUT2D eigenvalue weighted by atomic mass is 10.2. The summed E-state index contributed by atoms with van der Waals surface area (Å²) in [6, 6.07) is 6.01. The van der Waals surface area contributed by atoms with E-state index in [1.54, 1.807) is 12.3 Å². The number of nitrogens with zero attached hydrogens (tertiary/aromatic N) is 1. The van der Waals surface area contributed by atoms with E-state index >= 15 is 0 Å². The average Bonchev–Trinajstić information content (AvgIpc) is 2.90. The average molecular weight is 249 g/mol. The minimum Gasteiger partial charge on any atom is -0.465 e. The lowest BCUT2D eigenvalue weighted by molar-refractivity contribution is 0.0595. The molecular formula is C12H12FN3O2. The quantitative estimate of drug-likeness (QED) is 0.813. The molecule has 6 heteroatoms. The fourth-order valence-corrected chi connectivity index (χ4v) is 1.48. The molecule has 0 bridgehead atoms. The molecule has 5 nitrogen and oxygen atoms in total. The smallest absolute Gasteiger partial charge is 0.340 e. The van der Waals surface area contributed by atoms with Crippen molar-refractivity contribution in [3.05, 3.63) is 47.5 Å². The normalized spacial score (nSPS) is 10.1. The van der Waals surface area contributed by atoms with Gasteiger partial charge in [0.1, 0.15) is 5.82 Å². The molecule has 2 N–H and O–H groups in total. The highest BCUT2D eigenvalue weighted by atomic mass is 19.1. The summed E-state index contributed by atoms with van der Waals surface area (Å²) in [6.07, 6.45) is 1.64. The van der Waals surface area contributed by atoms with Gasteiger partial charge in [0.15, 0.2) is 0 Å². The zero-order valence-electron chi connectivity index (χ0n) is 9.74. The monoisotopic (exact) mass is 249 g/mol. The van der Waals surface area contributed by atoms with Crippen LogP contribution >= 0.6 is 0 Å². The molecule has 1 heterocycles. The molecule has 0 spiro atoms. The molecule has 0 amide bonds. The third-order valence-electron chi connectivity index (χ3n) is 2.41. The molecule has 2 rings (SSSR count). The number of hydrogen-bond donors (Lipinski definition) is 2. The Morgan fingerprint density at radius 1 is 1.50 bits per heavy atom. The van der Waals surface area contributed by atoms with Crippen LogP contribution in [-0.4, -0.2) is 23.3 Å². The zero-order chi connectivity index (χ0) is 13.0. The van der Waals surface area contributed by atoms with Gasteiger partial charge in [-0.05, 0) is 24.3 Å². The molecule has 2 aromatic rings. The Balaban J connectivity index is 2.12. The Bertz CT molecular complexity index is 540. The zero-order valence-corrected chi connectivity index (χ0v) is 9.74. The number of methoxy groups -OCH3 is 1. The molecule has 0 saturated carbocycles. The summed E-state index contributed by atoms with van der Waals surface area (Å²) in [6.45, 7) is 0.506. The Morgan fingerprint density at radius 2 is 2.33 bits per heavy atom. The van der Waals surface area contributed by atoms with Crippen molar-refractivity contribution in [2.45, 2.75) is 6.54 Å². The van der Waals surface area contributed by atoms with E-state index in [0.717, 1.165) is 5.69 Å². The molecule has 1 aromatic heterocycles. The number of aromatic amines is 1. The van der Waals surface area contributed by atoms with Gasteiger partial charge in [0.2, 0.25) is 0 Å². The number of carbonyl (C=O) groups excluding carboxylic acids is 1. The van der Waals surface area contributed by atoms with Crippen molar-refractivity contribution < 1.29 is 13.9 Å². The molecule has 18 heavy (non-hydrogen) atoms. The Hall–Kier alpha value is -2.37. The van der Waals surface area contributed by atoms with Gasteiger partial charge in [0.25, 0.3) is 0 Å². The fourth-order valence-electron chi connectivity index (χ4n) is 1.48. The molecule has 0 atom stereocenters. The van der Waals surface area contributed by atoms with Gasteiger partial charge in [-0.15, -0.1) is 0 Å². The van der Waals surface area contributed by atoms with Crippen LogP contribution in [-0.2, 0) is 11.3 Å². The number of nitrogens with one attached hydrogen (secondary N) is 2. The van der Waals surface area contributed by atoms with E-state index in [1.165, 1.54) is 19.2 Å². The second kappa shape index (κ2) is 5.31. The van der Waals surface area contributed by atoms with Crippen LogP contribution in [0, 0.1) is 5.82 Å². The van der Waals surface area contributed by atoms with E-state index in [1.807, 2.05) is 6.07 Å². The van der Waals surface area contributed by atoms with Crippen LogP contribution < -0.4 is 5.32 Å². The molecular weight excluding hydrogens is 237 g/mol. The second-order valence-electron chi connectivity index (χ2n) is 3.62. The van der Waals surface area contributed by atoms with Crippen molar-refractivity contribution in [2.75, 3.05) is 12.4 Å². The molecule has 1 aromatic carbocycles. The number of esters is 1. The highest BCUT2D eigenvalue weighted by Gasteiger charge is 2.12. The number of halogens is 1. The van der Waals surface area contributed by atoms with Gasteiger partial charge in [0, 0.05) is 11.9 Å². The van der Waals surface area contributed by atoms with Crippen molar-refractivity contribution in [1.82, 2.24) is 10.2 Å². The first-order valence-corrected chi connectivity index (χ1v) is 5.30. The topological polar surface area (TPSA) is 67.0 Å². The van der Waals surface area contributed by atoms with Crippen LogP contribution in [0.4, 0.5) is 10.1 Å². The first-order chi connectivity index (χ1) is 8.70. The van der Waals surface area contributed by atoms with Crippen LogP contribution in [0.2, 0.25) is 0 Å². The summed E-state index contributed by atoms with van der Waals surface area (Å²) in [7, 11) is 1.21. The molecule has 0 unspecified atom stereocenters. The molecule has 94 valence electrons. The predicted octanol–water partition coefficient (Wildman–Crippen LogP) is 1.95. The number of hydrogen-bond acceptors (Lipinski definition) is 4. The van der Waals surface area contributed by atoms with E-state index in [4.69, 9.17) is 0 Å². The first-order valence-electron chi connectivity index (χ1n) is 5.30. The maximum Gasteiger partial charge on any atom is 0.340 e. The highest BCUT2D eigenvalue weighted by molar-refractivity contribution is 5.90. The van der Waals surface area contributed by atoms with E-state index in [0.29, 0.717) is 12.2 Å². The third-order valence-corrected chi connectivity index (χ3v) is 2.41. The first kappa shape index (κ1) is 12.1. The van der Waals surface area contributed by atoms with E-state index in [9.17, 15) is 9.18 Å². The van der Waals surface area contributed by atoms with Crippen LogP contribution in [0.15, 0.2) is 30.5 Å². The van der Waals surface area contributed by atoms with Crippen molar-refractivity contribution >= 4 is 11.7 Å². The van der Waals surface area contributed by atoms with E-state index < -0.39 is 11.8 Å². The largest absolute Gasteiger partial charge is 0.465 e. The van der Waals surface area contributed by atoms with Gasteiger partial charge in [-0.3, -0.25) is 5.10 Å². The number of rotatable bonds is 4. The van der Waals surface area contributed by atoms with Crippen molar-refractivity contribution in [3.8, 4) is 0 Å². The lowest BCUT2D eigenvalue weighted by Gasteiger charge is -2.07. The van der Waals surface area contributed by atoms with E-state index in [2.05, 4.69) is 20.3 Å². The maximum atomic E-state index is 13.4. The standard InChI is InChI=1S/C12H12FN3O2/c1-18-12(17)10-6-8(2-3-11(10)13)14-7-9-4-5-15-16-9/h2-6,14H,7H2,1H3,(H,15,16). The van der Waals surface area contributed by atoms with Crippen LogP contribution in [0.5, 0.6) is 0 Å². The Labute approximate surface area is 103 Å². The predicted molar refractivity (Wildman–Crippen MR) is 63.7 cm³/mol. The van der Waals surface area contributed by atoms with Gasteiger partial charge in [-0.1, -0.05) is 0 Å². The number of ether oxygens (including phenoxy) is 1. The van der Waals surface area contributed by atoms with Crippen molar-refractivity contribution in [1.29, 1.82) is 0 Å². The lowest BCUT2D eigenvalue weighted by Crippen LogP contribution is -2.06. The number of benzene rings is 1. The van der Waals surface area contributed by atoms with Gasteiger partial charge < -0.3 is 10.1 Å². The molecule has 0 aliphatic heterocycles. The molecule has 0 aliphatic carbocycles. The van der Waals surface area contributed by atoms with Gasteiger partial charge in [-0.2, -0.15) is 5.10 Å². The van der Waals surface area contributed by atoms with E-state index in [-0.39, 0.29) is 5.56 Å². The summed E-state index contributed by atoms with van der Waals surface area (Å²) < 4.78 is 17.9.